The van der Waals surface area contributed by atoms with Gasteiger partial charge in [0.25, 0.3) is 0 Å². The van der Waals surface area contributed by atoms with Crippen LogP contribution in [0.5, 0.6) is 0 Å². The van der Waals surface area contributed by atoms with Crippen LogP contribution in [-0.4, -0.2) is 30.8 Å². The molecule has 1 aliphatic rings. The number of anilines is 1. The molecule has 1 amide bonds. The number of fused-ring (bicyclic) bond motifs is 1. The van der Waals surface area contributed by atoms with Gasteiger partial charge in [0.05, 0.1) is 19.3 Å². The Labute approximate surface area is 166 Å². The summed E-state index contributed by atoms with van der Waals surface area (Å²) in [6.07, 6.45) is 7.94. The van der Waals surface area contributed by atoms with Crippen molar-refractivity contribution in [1.29, 1.82) is 5.26 Å². The molecule has 28 heavy (non-hydrogen) atoms. The number of hydrogen-bond donors (Lipinski definition) is 1. The lowest BCUT2D eigenvalue weighted by Crippen LogP contribution is -2.20. The topological polar surface area (TPSA) is 101 Å². The number of amides is 1. The van der Waals surface area contributed by atoms with Crippen molar-refractivity contribution in [2.24, 2.45) is 5.92 Å². The van der Waals surface area contributed by atoms with Gasteiger partial charge in [-0.25, -0.2) is 4.79 Å². The second kappa shape index (κ2) is 9.15. The van der Waals surface area contributed by atoms with Crippen molar-refractivity contribution in [3.05, 3.63) is 52.2 Å². The van der Waals surface area contributed by atoms with E-state index in [9.17, 15) is 14.9 Å². The third-order valence-corrected chi connectivity index (χ3v) is 5.60. The third-order valence-electron chi connectivity index (χ3n) is 4.43. The molecule has 0 saturated carbocycles. The highest BCUT2D eigenvalue weighted by Gasteiger charge is 2.27. The van der Waals surface area contributed by atoms with Crippen LogP contribution in [0.4, 0.5) is 9.80 Å². The molecule has 1 atom stereocenters. The first-order valence-corrected chi connectivity index (χ1v) is 9.56. The standard InChI is InChI=1S/C20H19N3O4S/c1-26-20(25)27-12-14-4-6-15-16(10-21)19(28-17(15)9-14)23-18(24)7-5-13-3-2-8-22-11-13/h2-3,5,7-8,11,14H,4,6,9,12H2,1H3,(H,23,24)/b7-5+. The number of ether oxygens (including phenoxy) is 2. The average Bonchev–Trinajstić information content (AvgIpc) is 3.07. The van der Waals surface area contributed by atoms with Crippen LogP contribution < -0.4 is 5.32 Å². The maximum Gasteiger partial charge on any atom is 0.507 e. The summed E-state index contributed by atoms with van der Waals surface area (Å²) in [6.45, 7) is 0.279. The molecule has 2 aromatic heterocycles. The van der Waals surface area contributed by atoms with Crippen LogP contribution >= 0.6 is 11.3 Å². The van der Waals surface area contributed by atoms with Crippen LogP contribution in [0.2, 0.25) is 0 Å². The maximum atomic E-state index is 12.2. The lowest BCUT2D eigenvalue weighted by molar-refractivity contribution is -0.111. The van der Waals surface area contributed by atoms with Crippen molar-refractivity contribution < 1.29 is 19.1 Å². The molecule has 1 N–H and O–H groups in total. The van der Waals surface area contributed by atoms with Crippen LogP contribution in [0.1, 0.15) is 28.0 Å². The molecule has 2 aromatic rings. The molecule has 0 fully saturated rings. The van der Waals surface area contributed by atoms with E-state index in [-0.39, 0.29) is 18.4 Å². The molecule has 1 aliphatic carbocycles. The molecule has 0 saturated heterocycles. The van der Waals surface area contributed by atoms with Gasteiger partial charge in [-0.2, -0.15) is 5.26 Å². The van der Waals surface area contributed by atoms with E-state index < -0.39 is 6.16 Å². The molecule has 0 radical (unpaired) electrons. The van der Waals surface area contributed by atoms with Crippen molar-refractivity contribution >= 4 is 34.5 Å². The molecule has 2 heterocycles. The fourth-order valence-corrected chi connectivity index (χ4v) is 4.36. The van der Waals surface area contributed by atoms with Crippen molar-refractivity contribution in [2.75, 3.05) is 19.0 Å². The lowest BCUT2D eigenvalue weighted by atomic mass is 9.88. The highest BCUT2D eigenvalue weighted by atomic mass is 32.1. The largest absolute Gasteiger partial charge is 0.507 e. The Morgan fingerprint density at radius 2 is 2.36 bits per heavy atom. The van der Waals surface area contributed by atoms with Gasteiger partial charge in [0.2, 0.25) is 5.91 Å². The Hall–Kier alpha value is -3.18. The van der Waals surface area contributed by atoms with Gasteiger partial charge in [0.1, 0.15) is 11.1 Å². The minimum Gasteiger partial charge on any atom is -0.438 e. The summed E-state index contributed by atoms with van der Waals surface area (Å²) in [5.74, 6) is -0.129. The average molecular weight is 397 g/mol. The molecule has 0 aliphatic heterocycles. The number of nitrogens with one attached hydrogen (secondary N) is 1. The molecular formula is C20H19N3O4S. The summed E-state index contributed by atoms with van der Waals surface area (Å²) in [6, 6.07) is 5.85. The summed E-state index contributed by atoms with van der Waals surface area (Å²) in [5, 5.41) is 12.9. The number of methoxy groups -OCH3 is 1. The SMILES string of the molecule is COC(=O)OCC1CCc2c(sc(NC(=O)/C=C/c3cccnc3)c2C#N)C1. The van der Waals surface area contributed by atoms with Crippen molar-refractivity contribution in [3.63, 3.8) is 0 Å². The van der Waals surface area contributed by atoms with Crippen molar-refractivity contribution in [1.82, 2.24) is 4.98 Å². The molecule has 1 unspecified atom stereocenters. The number of aromatic nitrogens is 1. The zero-order chi connectivity index (χ0) is 19.9. The molecule has 8 heteroatoms. The number of thiophene rings is 1. The summed E-state index contributed by atoms with van der Waals surface area (Å²) in [4.78, 5) is 28.4. The predicted octanol–water partition coefficient (Wildman–Crippen LogP) is 3.55. The van der Waals surface area contributed by atoms with Gasteiger partial charge in [-0.05, 0) is 48.4 Å². The first kappa shape index (κ1) is 19.6. The van der Waals surface area contributed by atoms with E-state index in [0.29, 0.717) is 23.4 Å². The van der Waals surface area contributed by atoms with Gasteiger partial charge < -0.3 is 14.8 Å². The fourth-order valence-electron chi connectivity index (χ4n) is 3.05. The lowest BCUT2D eigenvalue weighted by Gasteiger charge is -2.21. The minimum atomic E-state index is -0.692. The first-order chi connectivity index (χ1) is 13.6. The van der Waals surface area contributed by atoms with E-state index in [1.165, 1.54) is 24.5 Å². The molecule has 0 spiro atoms. The second-order valence-corrected chi connectivity index (χ2v) is 7.41. The highest BCUT2D eigenvalue weighted by Crippen LogP contribution is 2.39. The summed E-state index contributed by atoms with van der Waals surface area (Å²) in [5.41, 5.74) is 2.32. The Morgan fingerprint density at radius 3 is 3.07 bits per heavy atom. The Kier molecular flexibility index (Phi) is 6.40. The van der Waals surface area contributed by atoms with Gasteiger partial charge in [-0.15, -0.1) is 11.3 Å². The summed E-state index contributed by atoms with van der Waals surface area (Å²) in [7, 11) is 1.28. The number of pyridine rings is 1. The van der Waals surface area contributed by atoms with E-state index >= 15 is 0 Å². The van der Waals surface area contributed by atoms with E-state index in [4.69, 9.17) is 4.74 Å². The Bertz CT molecular complexity index is 931. The van der Waals surface area contributed by atoms with Gasteiger partial charge in [-0.1, -0.05) is 6.07 Å². The van der Waals surface area contributed by atoms with Crippen molar-refractivity contribution in [3.8, 4) is 6.07 Å². The number of nitriles is 1. The van der Waals surface area contributed by atoms with Crippen LogP contribution in [0.3, 0.4) is 0 Å². The van der Waals surface area contributed by atoms with Crippen LogP contribution in [0, 0.1) is 17.2 Å². The van der Waals surface area contributed by atoms with Gasteiger partial charge in [0.15, 0.2) is 0 Å². The van der Waals surface area contributed by atoms with E-state index in [0.717, 1.165) is 22.4 Å². The van der Waals surface area contributed by atoms with Crippen LogP contribution in [-0.2, 0) is 27.1 Å². The number of nitrogens with zero attached hydrogens (tertiary/aromatic N) is 2. The predicted molar refractivity (Wildman–Crippen MR) is 105 cm³/mol. The maximum absolute atomic E-state index is 12.2. The summed E-state index contributed by atoms with van der Waals surface area (Å²) >= 11 is 1.41. The molecular weight excluding hydrogens is 378 g/mol. The van der Waals surface area contributed by atoms with Gasteiger partial charge >= 0.3 is 6.16 Å². The Morgan fingerprint density at radius 1 is 1.50 bits per heavy atom. The molecule has 3 rings (SSSR count). The van der Waals surface area contributed by atoms with E-state index in [2.05, 4.69) is 21.1 Å². The molecule has 0 aromatic carbocycles. The summed E-state index contributed by atoms with van der Waals surface area (Å²) < 4.78 is 9.53. The number of rotatable bonds is 5. The number of carbonyl (C=O) groups is 2. The fraction of sp³-hybridized carbons (Fsp3) is 0.300. The first-order valence-electron chi connectivity index (χ1n) is 8.75. The minimum absolute atomic E-state index is 0.172. The van der Waals surface area contributed by atoms with Crippen molar-refractivity contribution in [2.45, 2.75) is 19.3 Å². The Balaban J connectivity index is 1.68. The molecule has 0 bridgehead atoms. The number of carbonyl (C=O) groups excluding carboxylic acids is 2. The normalized spacial score (nSPS) is 15.5. The second-order valence-electron chi connectivity index (χ2n) is 6.30. The van der Waals surface area contributed by atoms with E-state index in [1.54, 1.807) is 24.5 Å². The van der Waals surface area contributed by atoms with E-state index in [1.807, 2.05) is 6.07 Å². The zero-order valence-corrected chi connectivity index (χ0v) is 16.1. The van der Waals surface area contributed by atoms with Gasteiger partial charge in [0, 0.05) is 23.3 Å². The smallest absolute Gasteiger partial charge is 0.438 e. The monoisotopic (exact) mass is 397 g/mol. The number of hydrogen-bond acceptors (Lipinski definition) is 7. The zero-order valence-electron chi connectivity index (χ0n) is 15.3. The van der Waals surface area contributed by atoms with Crippen LogP contribution in [0.15, 0.2) is 30.6 Å². The molecule has 7 nitrogen and oxygen atoms in total. The molecule has 144 valence electrons. The van der Waals surface area contributed by atoms with Gasteiger partial charge in [-0.3, -0.25) is 9.78 Å². The third kappa shape index (κ3) is 4.75. The quantitative estimate of drug-likeness (QED) is 0.611. The van der Waals surface area contributed by atoms with Crippen LogP contribution in [0.25, 0.3) is 6.08 Å². The highest BCUT2D eigenvalue weighted by molar-refractivity contribution is 7.16.